The van der Waals surface area contributed by atoms with Gasteiger partial charge in [-0.1, -0.05) is 18.2 Å². The standard InChI is InChI=1S/C11H15N5/c12-15-6-8-5-14-11-4-2-1-3-9(11)10(8)7-16-13/h1-5,15-16H,6-7,12-13H2. The molecule has 0 unspecified atom stereocenters. The fourth-order valence-corrected chi connectivity index (χ4v) is 1.81. The zero-order valence-electron chi connectivity index (χ0n) is 8.90. The summed E-state index contributed by atoms with van der Waals surface area (Å²) in [7, 11) is 0. The number of benzene rings is 1. The maximum Gasteiger partial charge on any atom is 0.0705 e. The van der Waals surface area contributed by atoms with Crippen LogP contribution in [0.4, 0.5) is 0 Å². The van der Waals surface area contributed by atoms with E-state index in [1.54, 1.807) is 0 Å². The van der Waals surface area contributed by atoms with Gasteiger partial charge in [0.1, 0.15) is 0 Å². The van der Waals surface area contributed by atoms with Crippen LogP contribution in [0, 0.1) is 0 Å². The Kier molecular flexibility index (Phi) is 3.43. The summed E-state index contributed by atoms with van der Waals surface area (Å²) in [6, 6.07) is 7.98. The molecule has 6 N–H and O–H groups in total. The maximum absolute atomic E-state index is 5.39. The second-order valence-electron chi connectivity index (χ2n) is 3.54. The fraction of sp³-hybridized carbons (Fsp3) is 0.182. The molecule has 84 valence electrons. The molecule has 1 aromatic heterocycles. The lowest BCUT2D eigenvalue weighted by Crippen LogP contribution is -2.25. The van der Waals surface area contributed by atoms with Crippen molar-refractivity contribution in [3.05, 3.63) is 41.6 Å². The average molecular weight is 217 g/mol. The number of aromatic nitrogens is 1. The predicted octanol–water partition coefficient (Wildman–Crippen LogP) is 0.161. The number of nitrogens with one attached hydrogen (secondary N) is 2. The number of nitrogens with two attached hydrogens (primary N) is 2. The smallest absolute Gasteiger partial charge is 0.0705 e. The van der Waals surface area contributed by atoms with E-state index in [0.29, 0.717) is 13.1 Å². The third kappa shape index (κ3) is 2.02. The first-order valence-electron chi connectivity index (χ1n) is 5.09. The van der Waals surface area contributed by atoms with Crippen molar-refractivity contribution in [3.8, 4) is 0 Å². The number of nitrogens with zero attached hydrogens (tertiary/aromatic N) is 1. The van der Waals surface area contributed by atoms with Gasteiger partial charge in [-0.2, -0.15) is 0 Å². The number of para-hydroxylation sites is 1. The quantitative estimate of drug-likeness (QED) is 0.433. The van der Waals surface area contributed by atoms with Crippen LogP contribution in [0.15, 0.2) is 30.5 Å². The average Bonchev–Trinajstić information content (AvgIpc) is 2.32. The maximum atomic E-state index is 5.39. The van der Waals surface area contributed by atoms with E-state index in [9.17, 15) is 0 Å². The molecule has 0 aliphatic heterocycles. The molecule has 2 rings (SSSR count). The van der Waals surface area contributed by atoms with Gasteiger partial charge in [-0.25, -0.2) is 0 Å². The van der Waals surface area contributed by atoms with Gasteiger partial charge >= 0.3 is 0 Å². The molecule has 0 aliphatic carbocycles. The Morgan fingerprint density at radius 3 is 2.56 bits per heavy atom. The molecular weight excluding hydrogens is 202 g/mol. The number of pyridine rings is 1. The number of rotatable bonds is 4. The lowest BCUT2D eigenvalue weighted by molar-refractivity contribution is 0.702. The van der Waals surface area contributed by atoms with Gasteiger partial charge in [-0.05, 0) is 17.2 Å². The first-order chi connectivity index (χ1) is 7.86. The molecule has 5 nitrogen and oxygen atoms in total. The van der Waals surface area contributed by atoms with Crippen molar-refractivity contribution < 1.29 is 0 Å². The van der Waals surface area contributed by atoms with Crippen molar-refractivity contribution >= 4 is 10.9 Å². The minimum atomic E-state index is 0.578. The van der Waals surface area contributed by atoms with Gasteiger partial charge in [-0.3, -0.25) is 27.5 Å². The molecule has 16 heavy (non-hydrogen) atoms. The summed E-state index contributed by atoms with van der Waals surface area (Å²) in [4.78, 5) is 4.38. The third-order valence-electron chi connectivity index (χ3n) is 2.55. The highest BCUT2D eigenvalue weighted by Gasteiger charge is 2.07. The second kappa shape index (κ2) is 5.00. The van der Waals surface area contributed by atoms with Crippen molar-refractivity contribution in [3.63, 3.8) is 0 Å². The minimum absolute atomic E-state index is 0.578. The molecule has 2 aromatic rings. The van der Waals surface area contributed by atoms with Crippen molar-refractivity contribution in [2.45, 2.75) is 13.1 Å². The molecule has 0 aliphatic rings. The zero-order valence-corrected chi connectivity index (χ0v) is 8.90. The summed E-state index contributed by atoms with van der Waals surface area (Å²) in [5.74, 6) is 10.7. The predicted molar refractivity (Wildman–Crippen MR) is 63.8 cm³/mol. The SMILES string of the molecule is NNCc1cnc2ccccc2c1CNN. The van der Waals surface area contributed by atoms with Crippen LogP contribution in [0.5, 0.6) is 0 Å². The number of hydrogen-bond acceptors (Lipinski definition) is 5. The number of hydrogen-bond donors (Lipinski definition) is 4. The molecule has 0 saturated carbocycles. The molecule has 1 heterocycles. The van der Waals surface area contributed by atoms with E-state index in [2.05, 4.69) is 15.8 Å². The highest BCUT2D eigenvalue weighted by Crippen LogP contribution is 2.20. The van der Waals surface area contributed by atoms with Gasteiger partial charge in [0.25, 0.3) is 0 Å². The van der Waals surface area contributed by atoms with E-state index in [0.717, 1.165) is 22.0 Å². The molecule has 0 radical (unpaired) electrons. The van der Waals surface area contributed by atoms with E-state index in [1.165, 1.54) is 0 Å². The first-order valence-corrected chi connectivity index (χ1v) is 5.09. The summed E-state index contributed by atoms with van der Waals surface area (Å²) in [5.41, 5.74) is 8.47. The molecule has 0 bridgehead atoms. The molecule has 1 aromatic carbocycles. The molecule has 0 amide bonds. The minimum Gasteiger partial charge on any atom is -0.271 e. The van der Waals surface area contributed by atoms with Crippen molar-refractivity contribution in [2.75, 3.05) is 0 Å². The Morgan fingerprint density at radius 1 is 1.06 bits per heavy atom. The summed E-state index contributed by atoms with van der Waals surface area (Å²) >= 11 is 0. The van der Waals surface area contributed by atoms with Crippen LogP contribution >= 0.6 is 0 Å². The van der Waals surface area contributed by atoms with Gasteiger partial charge in [0.15, 0.2) is 0 Å². The van der Waals surface area contributed by atoms with E-state index in [-0.39, 0.29) is 0 Å². The van der Waals surface area contributed by atoms with E-state index < -0.39 is 0 Å². The number of hydrazine groups is 2. The summed E-state index contributed by atoms with van der Waals surface area (Å²) in [6.07, 6.45) is 1.83. The molecule has 0 atom stereocenters. The van der Waals surface area contributed by atoms with Gasteiger partial charge in [0, 0.05) is 24.7 Å². The van der Waals surface area contributed by atoms with Crippen LogP contribution in [0.25, 0.3) is 10.9 Å². The van der Waals surface area contributed by atoms with Crippen LogP contribution in [0.2, 0.25) is 0 Å². The lowest BCUT2D eigenvalue weighted by Gasteiger charge is -2.11. The van der Waals surface area contributed by atoms with Crippen molar-refractivity contribution in [1.29, 1.82) is 0 Å². The highest BCUT2D eigenvalue weighted by molar-refractivity contribution is 5.82. The monoisotopic (exact) mass is 217 g/mol. The Bertz CT molecular complexity index is 483. The third-order valence-corrected chi connectivity index (χ3v) is 2.55. The van der Waals surface area contributed by atoms with Crippen LogP contribution < -0.4 is 22.5 Å². The van der Waals surface area contributed by atoms with Gasteiger partial charge < -0.3 is 0 Å². The Morgan fingerprint density at radius 2 is 1.81 bits per heavy atom. The van der Waals surface area contributed by atoms with Gasteiger partial charge in [0.05, 0.1) is 5.52 Å². The van der Waals surface area contributed by atoms with Crippen molar-refractivity contribution in [2.24, 2.45) is 11.7 Å². The summed E-state index contributed by atoms with van der Waals surface area (Å²) in [5, 5.41) is 1.10. The number of fused-ring (bicyclic) bond motifs is 1. The first kappa shape index (κ1) is 11.0. The van der Waals surface area contributed by atoms with Crippen LogP contribution in [0.1, 0.15) is 11.1 Å². The highest BCUT2D eigenvalue weighted by atomic mass is 15.2. The molecule has 5 heteroatoms. The normalized spacial score (nSPS) is 10.9. The van der Waals surface area contributed by atoms with E-state index in [4.69, 9.17) is 11.7 Å². The Balaban J connectivity index is 2.58. The zero-order chi connectivity index (χ0) is 11.4. The second-order valence-corrected chi connectivity index (χ2v) is 3.54. The van der Waals surface area contributed by atoms with Crippen LogP contribution in [0.3, 0.4) is 0 Å². The van der Waals surface area contributed by atoms with Crippen LogP contribution in [-0.2, 0) is 13.1 Å². The largest absolute Gasteiger partial charge is 0.271 e. The Hall–Kier alpha value is -1.53. The molecule has 0 fully saturated rings. The molecule has 0 spiro atoms. The fourth-order valence-electron chi connectivity index (χ4n) is 1.81. The van der Waals surface area contributed by atoms with E-state index >= 15 is 0 Å². The van der Waals surface area contributed by atoms with Crippen LogP contribution in [-0.4, -0.2) is 4.98 Å². The lowest BCUT2D eigenvalue weighted by atomic mass is 10.0. The van der Waals surface area contributed by atoms with E-state index in [1.807, 2.05) is 30.5 Å². The summed E-state index contributed by atoms with van der Waals surface area (Å²) < 4.78 is 0. The van der Waals surface area contributed by atoms with Gasteiger partial charge in [0.2, 0.25) is 0 Å². The molecular formula is C11H15N5. The van der Waals surface area contributed by atoms with Gasteiger partial charge in [-0.15, -0.1) is 0 Å². The van der Waals surface area contributed by atoms with Crippen molar-refractivity contribution in [1.82, 2.24) is 15.8 Å². The Labute approximate surface area is 93.8 Å². The topological polar surface area (TPSA) is 89.0 Å². The molecule has 0 saturated heterocycles. The summed E-state index contributed by atoms with van der Waals surface area (Å²) in [6.45, 7) is 1.18.